The van der Waals surface area contributed by atoms with Crippen LogP contribution in [-0.2, 0) is 0 Å². The first kappa shape index (κ1) is 16.9. The fourth-order valence-electron chi connectivity index (χ4n) is 2.20. The minimum atomic E-state index is -0.468. The van der Waals surface area contributed by atoms with Crippen molar-refractivity contribution < 1.29 is 13.9 Å². The SMILES string of the molecule is O=C(/C=C/c1ccc(F)c(Oc2ccccc2)c1)c1ccc(Cl)cc1. The van der Waals surface area contributed by atoms with Gasteiger partial charge in [-0.25, -0.2) is 4.39 Å². The molecule has 0 N–H and O–H groups in total. The summed E-state index contributed by atoms with van der Waals surface area (Å²) in [5.41, 5.74) is 1.19. The van der Waals surface area contributed by atoms with Crippen LogP contribution < -0.4 is 4.74 Å². The Bertz CT molecular complexity index is 903. The van der Waals surface area contributed by atoms with Crippen molar-refractivity contribution in [3.63, 3.8) is 0 Å². The monoisotopic (exact) mass is 352 g/mol. The molecular weight excluding hydrogens is 339 g/mol. The van der Waals surface area contributed by atoms with Crippen LogP contribution in [0.25, 0.3) is 6.08 Å². The lowest BCUT2D eigenvalue weighted by molar-refractivity contribution is 0.104. The van der Waals surface area contributed by atoms with Gasteiger partial charge in [-0.3, -0.25) is 4.79 Å². The number of carbonyl (C=O) groups is 1. The molecule has 0 radical (unpaired) electrons. The van der Waals surface area contributed by atoms with Gasteiger partial charge in [-0.15, -0.1) is 0 Å². The van der Waals surface area contributed by atoms with E-state index < -0.39 is 5.82 Å². The van der Waals surface area contributed by atoms with Crippen molar-refractivity contribution in [3.05, 3.63) is 101 Å². The Hall–Kier alpha value is -2.91. The average Bonchev–Trinajstić information content (AvgIpc) is 2.63. The second kappa shape index (κ2) is 7.77. The number of ether oxygens (including phenoxy) is 1. The minimum Gasteiger partial charge on any atom is -0.454 e. The van der Waals surface area contributed by atoms with Crippen molar-refractivity contribution in [2.45, 2.75) is 0 Å². The number of para-hydroxylation sites is 1. The molecule has 0 spiro atoms. The van der Waals surface area contributed by atoms with Crippen LogP contribution >= 0.6 is 11.6 Å². The average molecular weight is 353 g/mol. The van der Waals surface area contributed by atoms with Crippen LogP contribution in [0, 0.1) is 5.82 Å². The molecular formula is C21H14ClFO2. The first-order valence-corrected chi connectivity index (χ1v) is 8.00. The quantitative estimate of drug-likeness (QED) is 0.405. The van der Waals surface area contributed by atoms with Crippen molar-refractivity contribution in [2.24, 2.45) is 0 Å². The number of hydrogen-bond donors (Lipinski definition) is 0. The Balaban J connectivity index is 1.77. The van der Waals surface area contributed by atoms with Crippen molar-refractivity contribution >= 4 is 23.5 Å². The summed E-state index contributed by atoms with van der Waals surface area (Å²) in [6.07, 6.45) is 3.05. The van der Waals surface area contributed by atoms with Crippen LogP contribution in [0.2, 0.25) is 5.02 Å². The molecule has 0 unspecified atom stereocenters. The summed E-state index contributed by atoms with van der Waals surface area (Å²) < 4.78 is 19.5. The molecule has 0 bridgehead atoms. The summed E-state index contributed by atoms with van der Waals surface area (Å²) >= 11 is 5.81. The van der Waals surface area contributed by atoms with Gasteiger partial charge in [-0.05, 0) is 60.2 Å². The maximum atomic E-state index is 13.9. The Kier molecular flexibility index (Phi) is 5.26. The van der Waals surface area contributed by atoms with Crippen molar-refractivity contribution in [3.8, 4) is 11.5 Å². The molecule has 0 aliphatic rings. The second-order valence-corrected chi connectivity index (χ2v) is 5.75. The van der Waals surface area contributed by atoms with E-state index in [1.807, 2.05) is 18.2 Å². The van der Waals surface area contributed by atoms with Gasteiger partial charge in [0.15, 0.2) is 17.3 Å². The summed E-state index contributed by atoms with van der Waals surface area (Å²) in [5, 5.41) is 0.571. The number of halogens is 2. The number of hydrogen-bond acceptors (Lipinski definition) is 2. The largest absolute Gasteiger partial charge is 0.454 e. The van der Waals surface area contributed by atoms with Gasteiger partial charge in [0, 0.05) is 10.6 Å². The molecule has 0 saturated carbocycles. The summed E-state index contributed by atoms with van der Waals surface area (Å²) in [6, 6.07) is 20.0. The summed E-state index contributed by atoms with van der Waals surface area (Å²) in [5.74, 6) is 0.0172. The van der Waals surface area contributed by atoms with Crippen LogP contribution in [0.1, 0.15) is 15.9 Å². The molecule has 4 heteroatoms. The van der Waals surface area contributed by atoms with Crippen LogP contribution in [0.15, 0.2) is 78.9 Å². The fourth-order valence-corrected chi connectivity index (χ4v) is 2.33. The van der Waals surface area contributed by atoms with Crippen LogP contribution in [0.3, 0.4) is 0 Å². The second-order valence-electron chi connectivity index (χ2n) is 5.31. The third kappa shape index (κ3) is 4.55. The van der Waals surface area contributed by atoms with Gasteiger partial charge in [-0.2, -0.15) is 0 Å². The van der Waals surface area contributed by atoms with E-state index in [-0.39, 0.29) is 11.5 Å². The zero-order valence-corrected chi connectivity index (χ0v) is 13.9. The molecule has 2 nitrogen and oxygen atoms in total. The van der Waals surface area contributed by atoms with Gasteiger partial charge in [0.2, 0.25) is 0 Å². The smallest absolute Gasteiger partial charge is 0.185 e. The summed E-state index contributed by atoms with van der Waals surface area (Å²) in [6.45, 7) is 0. The third-order valence-electron chi connectivity index (χ3n) is 3.48. The minimum absolute atomic E-state index is 0.104. The van der Waals surface area contributed by atoms with Crippen molar-refractivity contribution in [2.75, 3.05) is 0 Å². The Morgan fingerprint density at radius 1 is 0.960 bits per heavy atom. The summed E-state index contributed by atoms with van der Waals surface area (Å²) in [4.78, 5) is 12.1. The topological polar surface area (TPSA) is 26.3 Å². The van der Waals surface area contributed by atoms with Gasteiger partial charge in [-0.1, -0.05) is 41.9 Å². The van der Waals surface area contributed by atoms with Gasteiger partial charge in [0.25, 0.3) is 0 Å². The lowest BCUT2D eigenvalue weighted by Gasteiger charge is -2.07. The maximum absolute atomic E-state index is 13.9. The molecule has 0 aliphatic carbocycles. The molecule has 0 aromatic heterocycles. The normalized spacial score (nSPS) is 10.8. The molecule has 0 heterocycles. The Morgan fingerprint density at radius 2 is 1.68 bits per heavy atom. The zero-order chi connectivity index (χ0) is 17.6. The van der Waals surface area contributed by atoms with Crippen LogP contribution in [-0.4, -0.2) is 5.78 Å². The lowest BCUT2D eigenvalue weighted by Crippen LogP contribution is -1.93. The number of rotatable bonds is 5. The van der Waals surface area contributed by atoms with E-state index in [2.05, 4.69) is 0 Å². The highest BCUT2D eigenvalue weighted by Gasteiger charge is 2.06. The number of carbonyl (C=O) groups excluding carboxylic acids is 1. The van der Waals surface area contributed by atoms with E-state index >= 15 is 0 Å². The Morgan fingerprint density at radius 3 is 2.40 bits per heavy atom. The molecule has 3 rings (SSSR count). The lowest BCUT2D eigenvalue weighted by atomic mass is 10.1. The maximum Gasteiger partial charge on any atom is 0.185 e. The van der Waals surface area contributed by atoms with E-state index in [9.17, 15) is 9.18 Å². The molecule has 3 aromatic carbocycles. The predicted octanol–water partition coefficient (Wildman–Crippen LogP) is 6.17. The van der Waals surface area contributed by atoms with E-state index in [4.69, 9.17) is 16.3 Å². The molecule has 0 aliphatic heterocycles. The molecule has 0 saturated heterocycles. The van der Waals surface area contributed by atoms with Gasteiger partial charge in [0.05, 0.1) is 0 Å². The molecule has 0 atom stereocenters. The number of allylic oxidation sites excluding steroid dienone is 1. The summed E-state index contributed by atoms with van der Waals surface area (Å²) in [7, 11) is 0. The predicted molar refractivity (Wildman–Crippen MR) is 97.7 cm³/mol. The van der Waals surface area contributed by atoms with Gasteiger partial charge < -0.3 is 4.74 Å². The van der Waals surface area contributed by atoms with Gasteiger partial charge >= 0.3 is 0 Å². The van der Waals surface area contributed by atoms with E-state index in [0.717, 1.165) is 0 Å². The first-order valence-electron chi connectivity index (χ1n) is 7.62. The van der Waals surface area contributed by atoms with E-state index in [1.165, 1.54) is 12.1 Å². The highest BCUT2D eigenvalue weighted by atomic mass is 35.5. The van der Waals surface area contributed by atoms with E-state index in [0.29, 0.717) is 21.9 Å². The zero-order valence-electron chi connectivity index (χ0n) is 13.2. The molecule has 0 amide bonds. The highest BCUT2D eigenvalue weighted by Crippen LogP contribution is 2.26. The molecule has 3 aromatic rings. The van der Waals surface area contributed by atoms with Crippen LogP contribution in [0.4, 0.5) is 4.39 Å². The van der Waals surface area contributed by atoms with Gasteiger partial charge in [0.1, 0.15) is 5.75 Å². The highest BCUT2D eigenvalue weighted by molar-refractivity contribution is 6.30. The Labute approximate surface area is 150 Å². The van der Waals surface area contributed by atoms with Crippen molar-refractivity contribution in [1.82, 2.24) is 0 Å². The fraction of sp³-hybridized carbons (Fsp3) is 0. The number of ketones is 1. The van der Waals surface area contributed by atoms with Crippen LogP contribution in [0.5, 0.6) is 11.5 Å². The third-order valence-corrected chi connectivity index (χ3v) is 3.73. The number of benzene rings is 3. The molecule has 25 heavy (non-hydrogen) atoms. The molecule has 124 valence electrons. The van der Waals surface area contributed by atoms with Crippen molar-refractivity contribution in [1.29, 1.82) is 0 Å². The van der Waals surface area contributed by atoms with E-state index in [1.54, 1.807) is 54.6 Å². The molecule has 0 fully saturated rings. The first-order chi connectivity index (χ1) is 12.1. The standard InChI is InChI=1S/C21H14ClFO2/c22-17-10-8-16(9-11-17)20(24)13-7-15-6-12-19(23)21(14-15)25-18-4-2-1-3-5-18/h1-14H/b13-7+.